The predicted molar refractivity (Wildman–Crippen MR) is 74.7 cm³/mol. The standard InChI is InChI=1S/C13H12Cl2N2O2/c1-3-9-7(2)17(16-12(9)13(18)19)11-5-4-8(14)6-10(11)15/h4-6H,3H2,1-2H3,(H,18,19). The molecule has 19 heavy (non-hydrogen) atoms. The van der Waals surface area contributed by atoms with E-state index in [1.165, 1.54) is 0 Å². The summed E-state index contributed by atoms with van der Waals surface area (Å²) >= 11 is 12.0. The molecule has 0 bridgehead atoms. The van der Waals surface area contributed by atoms with Crippen molar-refractivity contribution >= 4 is 29.2 Å². The minimum Gasteiger partial charge on any atom is -0.476 e. The second-order valence-corrected chi connectivity index (χ2v) is 4.92. The average Bonchev–Trinajstić information content (AvgIpc) is 2.66. The fraction of sp³-hybridized carbons (Fsp3) is 0.231. The molecule has 6 heteroatoms. The third kappa shape index (κ3) is 2.46. The topological polar surface area (TPSA) is 55.1 Å². The van der Waals surface area contributed by atoms with Crippen LogP contribution >= 0.6 is 23.2 Å². The third-order valence-electron chi connectivity index (χ3n) is 2.93. The molecule has 0 aliphatic heterocycles. The van der Waals surface area contributed by atoms with Gasteiger partial charge in [0, 0.05) is 16.3 Å². The molecule has 0 fully saturated rings. The first-order valence-corrected chi connectivity index (χ1v) is 6.48. The number of hydrogen-bond acceptors (Lipinski definition) is 2. The maximum absolute atomic E-state index is 11.2. The monoisotopic (exact) mass is 298 g/mol. The summed E-state index contributed by atoms with van der Waals surface area (Å²) in [7, 11) is 0. The van der Waals surface area contributed by atoms with Gasteiger partial charge in [0.2, 0.25) is 0 Å². The molecule has 2 aromatic rings. The van der Waals surface area contributed by atoms with Gasteiger partial charge in [0.15, 0.2) is 5.69 Å². The number of hydrogen-bond donors (Lipinski definition) is 1. The average molecular weight is 299 g/mol. The molecule has 100 valence electrons. The number of carbonyl (C=O) groups is 1. The van der Waals surface area contributed by atoms with Crippen LogP contribution in [0, 0.1) is 6.92 Å². The minimum absolute atomic E-state index is 0.0611. The summed E-state index contributed by atoms with van der Waals surface area (Å²) in [6.45, 7) is 3.72. The molecule has 4 nitrogen and oxygen atoms in total. The van der Waals surface area contributed by atoms with Crippen molar-refractivity contribution in [3.8, 4) is 5.69 Å². The van der Waals surface area contributed by atoms with Gasteiger partial charge in [-0.25, -0.2) is 9.48 Å². The number of benzene rings is 1. The van der Waals surface area contributed by atoms with Crippen molar-refractivity contribution in [1.82, 2.24) is 9.78 Å². The fourth-order valence-electron chi connectivity index (χ4n) is 2.02. The Kier molecular flexibility index (Phi) is 3.83. The van der Waals surface area contributed by atoms with E-state index in [4.69, 9.17) is 28.3 Å². The van der Waals surface area contributed by atoms with Crippen molar-refractivity contribution in [2.24, 2.45) is 0 Å². The molecule has 0 atom stereocenters. The van der Waals surface area contributed by atoms with E-state index in [9.17, 15) is 4.79 Å². The Balaban J connectivity index is 2.66. The van der Waals surface area contributed by atoms with Gasteiger partial charge in [-0.15, -0.1) is 0 Å². The first-order valence-electron chi connectivity index (χ1n) is 5.73. The number of halogens is 2. The van der Waals surface area contributed by atoms with Crippen LogP contribution in [0.25, 0.3) is 5.69 Å². The molecule has 0 amide bonds. The molecule has 2 rings (SSSR count). The van der Waals surface area contributed by atoms with Crippen LogP contribution in [-0.4, -0.2) is 20.9 Å². The summed E-state index contributed by atoms with van der Waals surface area (Å²) in [5.74, 6) is -1.04. The van der Waals surface area contributed by atoms with Gasteiger partial charge >= 0.3 is 5.97 Å². The van der Waals surface area contributed by atoms with E-state index in [0.29, 0.717) is 27.7 Å². The number of aromatic carboxylic acids is 1. The summed E-state index contributed by atoms with van der Waals surface area (Å²) < 4.78 is 1.54. The summed E-state index contributed by atoms with van der Waals surface area (Å²) in [5, 5.41) is 14.2. The molecule has 0 unspecified atom stereocenters. The van der Waals surface area contributed by atoms with Gasteiger partial charge < -0.3 is 5.11 Å². The van der Waals surface area contributed by atoms with E-state index in [-0.39, 0.29) is 5.69 Å². The zero-order valence-corrected chi connectivity index (χ0v) is 12.0. The molecular weight excluding hydrogens is 287 g/mol. The van der Waals surface area contributed by atoms with Gasteiger partial charge in [0.25, 0.3) is 0 Å². The number of aromatic nitrogens is 2. The highest BCUT2D eigenvalue weighted by Crippen LogP contribution is 2.27. The largest absolute Gasteiger partial charge is 0.476 e. The van der Waals surface area contributed by atoms with Gasteiger partial charge in [0.1, 0.15) is 0 Å². The maximum atomic E-state index is 11.2. The third-order valence-corrected chi connectivity index (χ3v) is 3.47. The van der Waals surface area contributed by atoms with E-state index in [0.717, 1.165) is 5.69 Å². The van der Waals surface area contributed by atoms with Crippen LogP contribution in [0.15, 0.2) is 18.2 Å². The van der Waals surface area contributed by atoms with Gasteiger partial charge in [0.05, 0.1) is 10.7 Å². The molecule has 0 saturated carbocycles. The highest BCUT2D eigenvalue weighted by Gasteiger charge is 2.20. The molecule has 0 radical (unpaired) electrons. The predicted octanol–water partition coefficient (Wildman–Crippen LogP) is 3.75. The first-order chi connectivity index (χ1) is 8.95. The van der Waals surface area contributed by atoms with Crippen molar-refractivity contribution in [2.45, 2.75) is 20.3 Å². The second kappa shape index (κ2) is 5.23. The van der Waals surface area contributed by atoms with Crippen LogP contribution in [0.5, 0.6) is 0 Å². The Hall–Kier alpha value is -1.52. The lowest BCUT2D eigenvalue weighted by Crippen LogP contribution is -2.03. The van der Waals surface area contributed by atoms with E-state index in [1.54, 1.807) is 22.9 Å². The first kappa shape index (κ1) is 13.9. The lowest BCUT2D eigenvalue weighted by Gasteiger charge is -2.07. The van der Waals surface area contributed by atoms with Gasteiger partial charge in [-0.3, -0.25) is 0 Å². The van der Waals surface area contributed by atoms with E-state index < -0.39 is 5.97 Å². The molecule has 1 N–H and O–H groups in total. The summed E-state index contributed by atoms with van der Waals surface area (Å²) in [6.07, 6.45) is 0.596. The molecular formula is C13H12Cl2N2O2. The minimum atomic E-state index is -1.04. The normalized spacial score (nSPS) is 10.7. The Labute approximate surface area is 120 Å². The smallest absolute Gasteiger partial charge is 0.356 e. The molecule has 0 aliphatic carbocycles. The quantitative estimate of drug-likeness (QED) is 0.939. The van der Waals surface area contributed by atoms with Crippen LogP contribution in [-0.2, 0) is 6.42 Å². The van der Waals surface area contributed by atoms with Crippen molar-refractivity contribution in [2.75, 3.05) is 0 Å². The Morgan fingerprint density at radius 1 is 1.42 bits per heavy atom. The van der Waals surface area contributed by atoms with Crippen molar-refractivity contribution < 1.29 is 9.90 Å². The number of rotatable bonds is 3. The van der Waals surface area contributed by atoms with Crippen LogP contribution in [0.4, 0.5) is 0 Å². The Morgan fingerprint density at radius 3 is 2.58 bits per heavy atom. The molecule has 0 aliphatic rings. The summed E-state index contributed by atoms with van der Waals surface area (Å²) in [4.78, 5) is 11.2. The molecule has 1 aromatic heterocycles. The SMILES string of the molecule is CCc1c(C(=O)O)nn(-c2ccc(Cl)cc2Cl)c1C. The Morgan fingerprint density at radius 2 is 2.11 bits per heavy atom. The summed E-state index contributed by atoms with van der Waals surface area (Å²) in [5.41, 5.74) is 2.15. The van der Waals surface area contributed by atoms with E-state index in [1.807, 2.05) is 13.8 Å². The second-order valence-electron chi connectivity index (χ2n) is 4.08. The van der Waals surface area contributed by atoms with Gasteiger partial charge in [-0.05, 0) is 31.5 Å². The van der Waals surface area contributed by atoms with E-state index >= 15 is 0 Å². The van der Waals surface area contributed by atoms with Gasteiger partial charge in [-0.1, -0.05) is 30.1 Å². The van der Waals surface area contributed by atoms with Crippen LogP contribution in [0.1, 0.15) is 28.7 Å². The van der Waals surface area contributed by atoms with E-state index in [2.05, 4.69) is 5.10 Å². The maximum Gasteiger partial charge on any atom is 0.356 e. The van der Waals surface area contributed by atoms with Crippen molar-refractivity contribution in [1.29, 1.82) is 0 Å². The van der Waals surface area contributed by atoms with Crippen molar-refractivity contribution in [3.63, 3.8) is 0 Å². The molecule has 1 heterocycles. The van der Waals surface area contributed by atoms with Crippen LogP contribution < -0.4 is 0 Å². The zero-order chi connectivity index (χ0) is 14.2. The van der Waals surface area contributed by atoms with Crippen LogP contribution in [0.3, 0.4) is 0 Å². The summed E-state index contributed by atoms with van der Waals surface area (Å²) in [6, 6.07) is 5.01. The lowest BCUT2D eigenvalue weighted by atomic mass is 10.1. The van der Waals surface area contributed by atoms with Crippen molar-refractivity contribution in [3.05, 3.63) is 45.2 Å². The lowest BCUT2D eigenvalue weighted by molar-refractivity contribution is 0.0689. The zero-order valence-electron chi connectivity index (χ0n) is 10.4. The molecule has 0 saturated heterocycles. The number of nitrogens with zero attached hydrogens (tertiary/aromatic N) is 2. The molecule has 1 aromatic carbocycles. The number of carboxylic acid groups (broad SMARTS) is 1. The molecule has 0 spiro atoms. The fourth-order valence-corrected chi connectivity index (χ4v) is 2.51. The highest BCUT2D eigenvalue weighted by molar-refractivity contribution is 6.35. The Bertz CT molecular complexity index is 650. The van der Waals surface area contributed by atoms with Gasteiger partial charge in [-0.2, -0.15) is 5.10 Å². The highest BCUT2D eigenvalue weighted by atomic mass is 35.5. The van der Waals surface area contributed by atoms with Crippen LogP contribution in [0.2, 0.25) is 10.0 Å². The number of carboxylic acids is 1.